The predicted octanol–water partition coefficient (Wildman–Crippen LogP) is 0.848. The molecule has 0 spiro atoms. The predicted molar refractivity (Wildman–Crippen MR) is 72.5 cm³/mol. The molecular formula is C15H20O6. The van der Waals surface area contributed by atoms with Crippen LogP contribution in [0.15, 0.2) is 30.3 Å². The number of rotatable bonds is 3. The van der Waals surface area contributed by atoms with Crippen molar-refractivity contribution in [2.45, 2.75) is 37.0 Å². The van der Waals surface area contributed by atoms with Gasteiger partial charge in [-0.05, 0) is 0 Å². The van der Waals surface area contributed by atoms with Gasteiger partial charge in [0.15, 0.2) is 12.6 Å². The summed E-state index contributed by atoms with van der Waals surface area (Å²) in [6, 6.07) is 9.61. The molecule has 0 saturated carbocycles. The molecule has 2 aliphatic rings. The fraction of sp³-hybridized carbons (Fsp3) is 0.600. The van der Waals surface area contributed by atoms with Gasteiger partial charge >= 0.3 is 0 Å². The minimum absolute atomic E-state index is 0.331. The molecule has 21 heavy (non-hydrogen) atoms. The standard InChI is InChI=1S/C15H20O6/c1-17-13-11(16)12-10(20-15(13)18-2)8-19-14(21-12)9-6-4-3-5-7-9/h3-7,10-16H,8H2,1-2H3/t10-,11-,12-,13+,14+,15+/m1/s1. The summed E-state index contributed by atoms with van der Waals surface area (Å²) < 4.78 is 27.8. The van der Waals surface area contributed by atoms with Gasteiger partial charge in [0.25, 0.3) is 0 Å². The highest BCUT2D eigenvalue weighted by Crippen LogP contribution is 2.34. The van der Waals surface area contributed by atoms with Gasteiger partial charge in [-0.25, -0.2) is 0 Å². The van der Waals surface area contributed by atoms with E-state index in [0.717, 1.165) is 5.56 Å². The van der Waals surface area contributed by atoms with Crippen molar-refractivity contribution in [1.82, 2.24) is 0 Å². The van der Waals surface area contributed by atoms with Crippen LogP contribution in [0.5, 0.6) is 0 Å². The van der Waals surface area contributed by atoms with E-state index in [1.165, 1.54) is 14.2 Å². The zero-order chi connectivity index (χ0) is 14.8. The molecule has 2 heterocycles. The quantitative estimate of drug-likeness (QED) is 0.892. The number of methoxy groups -OCH3 is 2. The molecule has 0 bridgehead atoms. The van der Waals surface area contributed by atoms with Gasteiger partial charge in [-0.2, -0.15) is 0 Å². The van der Waals surface area contributed by atoms with Gasteiger partial charge in [0.1, 0.15) is 24.4 Å². The zero-order valence-corrected chi connectivity index (χ0v) is 12.0. The second-order valence-corrected chi connectivity index (χ2v) is 5.15. The number of aliphatic hydroxyl groups is 1. The van der Waals surface area contributed by atoms with E-state index >= 15 is 0 Å². The first-order valence-electron chi connectivity index (χ1n) is 6.95. The maximum atomic E-state index is 10.5. The fourth-order valence-electron chi connectivity index (χ4n) is 2.79. The Kier molecular flexibility index (Phi) is 4.54. The van der Waals surface area contributed by atoms with Gasteiger partial charge in [0.05, 0.1) is 6.61 Å². The lowest BCUT2D eigenvalue weighted by Crippen LogP contribution is -2.62. The van der Waals surface area contributed by atoms with Gasteiger partial charge in [-0.1, -0.05) is 30.3 Å². The smallest absolute Gasteiger partial charge is 0.186 e. The van der Waals surface area contributed by atoms with E-state index in [-0.39, 0.29) is 6.10 Å². The van der Waals surface area contributed by atoms with E-state index in [1.54, 1.807) is 0 Å². The van der Waals surface area contributed by atoms with Crippen LogP contribution in [0.25, 0.3) is 0 Å². The van der Waals surface area contributed by atoms with Crippen molar-refractivity contribution in [3.63, 3.8) is 0 Å². The summed E-state index contributed by atoms with van der Waals surface area (Å²) in [5.41, 5.74) is 0.908. The number of benzene rings is 1. The van der Waals surface area contributed by atoms with E-state index in [9.17, 15) is 5.11 Å². The SMILES string of the molecule is CO[C@H]1O[C@@H]2CO[C@H](c3ccccc3)O[C@H]2[C@@H](O)[C@@H]1OC. The Morgan fingerprint density at radius 1 is 1.10 bits per heavy atom. The van der Waals surface area contributed by atoms with Crippen molar-refractivity contribution in [2.24, 2.45) is 0 Å². The van der Waals surface area contributed by atoms with Crippen LogP contribution in [-0.4, -0.2) is 56.6 Å². The maximum absolute atomic E-state index is 10.5. The molecule has 0 aliphatic carbocycles. The second-order valence-electron chi connectivity index (χ2n) is 5.15. The molecule has 1 aromatic carbocycles. The van der Waals surface area contributed by atoms with E-state index in [1.807, 2.05) is 30.3 Å². The number of hydrogen-bond acceptors (Lipinski definition) is 6. The van der Waals surface area contributed by atoms with Gasteiger partial charge < -0.3 is 28.8 Å². The zero-order valence-electron chi connectivity index (χ0n) is 12.0. The van der Waals surface area contributed by atoms with E-state index in [0.29, 0.717) is 6.61 Å². The van der Waals surface area contributed by atoms with Crippen molar-refractivity contribution in [1.29, 1.82) is 0 Å². The monoisotopic (exact) mass is 296 g/mol. The molecule has 1 N–H and O–H groups in total. The third-order valence-electron chi connectivity index (χ3n) is 3.89. The van der Waals surface area contributed by atoms with Crippen LogP contribution in [-0.2, 0) is 23.7 Å². The van der Waals surface area contributed by atoms with Gasteiger partial charge in [0, 0.05) is 19.8 Å². The normalized spacial score (nSPS) is 39.8. The first-order valence-corrected chi connectivity index (χ1v) is 6.95. The van der Waals surface area contributed by atoms with Crippen molar-refractivity contribution in [2.75, 3.05) is 20.8 Å². The summed E-state index contributed by atoms with van der Waals surface area (Å²) in [7, 11) is 3.03. The van der Waals surface area contributed by atoms with E-state index in [2.05, 4.69) is 0 Å². The van der Waals surface area contributed by atoms with Crippen LogP contribution in [0.3, 0.4) is 0 Å². The summed E-state index contributed by atoms with van der Waals surface area (Å²) in [5.74, 6) is 0. The molecule has 0 radical (unpaired) electrons. The van der Waals surface area contributed by atoms with Crippen molar-refractivity contribution < 1.29 is 28.8 Å². The third-order valence-corrected chi connectivity index (χ3v) is 3.89. The van der Waals surface area contributed by atoms with Crippen LogP contribution >= 0.6 is 0 Å². The summed E-state index contributed by atoms with van der Waals surface area (Å²) in [4.78, 5) is 0. The van der Waals surface area contributed by atoms with Crippen molar-refractivity contribution in [3.8, 4) is 0 Å². The molecule has 0 amide bonds. The molecule has 3 rings (SSSR count). The highest BCUT2D eigenvalue weighted by atomic mass is 16.8. The molecule has 6 atom stereocenters. The van der Waals surface area contributed by atoms with E-state index < -0.39 is 30.9 Å². The summed E-state index contributed by atoms with van der Waals surface area (Å²) in [5, 5.41) is 10.5. The van der Waals surface area contributed by atoms with Gasteiger partial charge in [-0.3, -0.25) is 0 Å². The number of fused-ring (bicyclic) bond motifs is 1. The average molecular weight is 296 g/mol. The molecule has 116 valence electrons. The largest absolute Gasteiger partial charge is 0.387 e. The minimum atomic E-state index is -0.839. The Morgan fingerprint density at radius 2 is 1.86 bits per heavy atom. The summed E-state index contributed by atoms with van der Waals surface area (Å²) in [6.45, 7) is 0.331. The molecule has 2 saturated heterocycles. The fourth-order valence-corrected chi connectivity index (χ4v) is 2.79. The molecule has 2 aliphatic heterocycles. The number of aliphatic hydroxyl groups excluding tert-OH is 1. The molecule has 6 heteroatoms. The molecule has 0 aromatic heterocycles. The molecule has 2 fully saturated rings. The highest BCUT2D eigenvalue weighted by Gasteiger charge is 2.49. The molecule has 6 nitrogen and oxygen atoms in total. The lowest BCUT2D eigenvalue weighted by molar-refractivity contribution is -0.360. The first-order chi connectivity index (χ1) is 10.2. The Labute approximate surface area is 123 Å². The lowest BCUT2D eigenvalue weighted by Gasteiger charge is -2.46. The van der Waals surface area contributed by atoms with Crippen molar-refractivity contribution >= 4 is 0 Å². The third kappa shape index (κ3) is 2.83. The van der Waals surface area contributed by atoms with E-state index in [4.69, 9.17) is 23.7 Å². The Balaban J connectivity index is 1.75. The lowest BCUT2D eigenvalue weighted by atomic mass is 9.97. The highest BCUT2D eigenvalue weighted by molar-refractivity contribution is 5.16. The minimum Gasteiger partial charge on any atom is -0.387 e. The maximum Gasteiger partial charge on any atom is 0.186 e. The molecule has 0 unspecified atom stereocenters. The number of ether oxygens (including phenoxy) is 5. The van der Waals surface area contributed by atoms with Crippen LogP contribution in [0.2, 0.25) is 0 Å². The topological polar surface area (TPSA) is 66.4 Å². The molecule has 1 aromatic rings. The van der Waals surface area contributed by atoms with Gasteiger partial charge in [0.2, 0.25) is 0 Å². The van der Waals surface area contributed by atoms with Crippen LogP contribution in [0.1, 0.15) is 11.9 Å². The van der Waals surface area contributed by atoms with Crippen LogP contribution in [0, 0.1) is 0 Å². The van der Waals surface area contributed by atoms with Crippen molar-refractivity contribution in [3.05, 3.63) is 35.9 Å². The Bertz CT molecular complexity index is 453. The Hall–Kier alpha value is -1.02. The molecular weight excluding hydrogens is 276 g/mol. The number of hydrogen-bond donors (Lipinski definition) is 1. The summed E-state index contributed by atoms with van der Waals surface area (Å²) in [6.07, 6.45) is -3.47. The average Bonchev–Trinajstić information content (AvgIpc) is 2.55. The van der Waals surface area contributed by atoms with Gasteiger partial charge in [-0.15, -0.1) is 0 Å². The van der Waals surface area contributed by atoms with Crippen LogP contribution < -0.4 is 0 Å². The second kappa shape index (κ2) is 6.39. The summed E-state index contributed by atoms with van der Waals surface area (Å²) >= 11 is 0. The van der Waals surface area contributed by atoms with Crippen LogP contribution in [0.4, 0.5) is 0 Å². The first kappa shape index (κ1) is 14.9. The Morgan fingerprint density at radius 3 is 2.52 bits per heavy atom.